The van der Waals surface area contributed by atoms with Gasteiger partial charge in [0, 0.05) is 16.8 Å². The van der Waals surface area contributed by atoms with Crippen molar-refractivity contribution in [3.05, 3.63) is 77.9 Å². The number of nitrogens with one attached hydrogen (secondary N) is 2. The van der Waals surface area contributed by atoms with Crippen LogP contribution in [0.15, 0.2) is 71.4 Å². The zero-order chi connectivity index (χ0) is 19.3. The van der Waals surface area contributed by atoms with Gasteiger partial charge in [-0.1, -0.05) is 60.7 Å². The Morgan fingerprint density at radius 1 is 0.815 bits per heavy atom. The molecule has 0 saturated heterocycles. The van der Waals surface area contributed by atoms with E-state index in [4.69, 9.17) is 23.3 Å². The highest BCUT2D eigenvalue weighted by Gasteiger charge is 2.23. The molecule has 27 heavy (non-hydrogen) atoms. The number of rotatable bonds is 2. The summed E-state index contributed by atoms with van der Waals surface area (Å²) in [6.45, 7) is 0. The molecule has 0 atom stereocenters. The van der Waals surface area contributed by atoms with Gasteiger partial charge in [-0.15, -0.1) is 14.9 Å². The zero-order valence-electron chi connectivity index (χ0n) is 13.7. The second-order valence-electron chi connectivity index (χ2n) is 5.29. The van der Waals surface area contributed by atoms with Crippen molar-refractivity contribution < 1.29 is 38.5 Å². The Bertz CT molecular complexity index is 946. The van der Waals surface area contributed by atoms with Crippen molar-refractivity contribution in [1.82, 2.24) is 10.3 Å². The lowest BCUT2D eigenvalue weighted by atomic mass is 10.1. The highest BCUT2D eigenvalue weighted by molar-refractivity contribution is 6.10. The Hall–Kier alpha value is -3.08. The van der Waals surface area contributed by atoms with Crippen LogP contribution in [0.25, 0.3) is 5.70 Å². The molecule has 2 heterocycles. The highest BCUT2D eigenvalue weighted by atomic mass is 35.7. The summed E-state index contributed by atoms with van der Waals surface area (Å²) in [4.78, 5) is 3.27. The van der Waals surface area contributed by atoms with Crippen molar-refractivity contribution in [2.24, 2.45) is 0 Å². The monoisotopic (exact) mass is 388 g/mol. The molecule has 2 N–H and O–H groups in total. The van der Waals surface area contributed by atoms with Gasteiger partial charge in [-0.2, -0.15) is 0 Å². The highest BCUT2D eigenvalue weighted by Crippen LogP contribution is 2.22. The van der Waals surface area contributed by atoms with E-state index in [1.807, 2.05) is 66.7 Å². The maximum atomic E-state index is 8.49. The maximum absolute atomic E-state index is 8.49. The molecule has 0 bridgehead atoms. The van der Waals surface area contributed by atoms with Crippen LogP contribution in [0.1, 0.15) is 11.1 Å². The molecule has 1 aliphatic rings. The van der Waals surface area contributed by atoms with E-state index < -0.39 is 10.2 Å². The van der Waals surface area contributed by atoms with E-state index in [1.54, 1.807) is 0 Å². The summed E-state index contributed by atoms with van der Waals surface area (Å²) in [5, 5.41) is 11.1. The fraction of sp³-hybridized carbons (Fsp3) is 0. The smallest absolute Gasteiger partial charge is 0.330 e. The summed E-state index contributed by atoms with van der Waals surface area (Å²) in [6, 6.07) is 20.1. The van der Waals surface area contributed by atoms with Crippen LogP contribution in [0.2, 0.25) is 0 Å². The van der Waals surface area contributed by atoms with E-state index in [2.05, 4.69) is 20.6 Å². The van der Waals surface area contributed by atoms with Gasteiger partial charge in [0.05, 0.1) is 5.70 Å². The molecule has 10 heteroatoms. The maximum Gasteiger partial charge on any atom is 0.417 e. The molecule has 9 nitrogen and oxygen atoms in total. The molecule has 0 unspecified atom stereocenters. The van der Waals surface area contributed by atoms with E-state index in [0.717, 1.165) is 22.5 Å². The van der Waals surface area contributed by atoms with Gasteiger partial charge in [-0.05, 0) is 5.56 Å². The molecule has 4 rings (SSSR count). The van der Waals surface area contributed by atoms with Crippen LogP contribution in [0.5, 0.6) is 0 Å². The van der Waals surface area contributed by atoms with E-state index in [-0.39, 0.29) is 0 Å². The summed E-state index contributed by atoms with van der Waals surface area (Å²) < 4.78 is 38.8. The van der Waals surface area contributed by atoms with Crippen molar-refractivity contribution in [3.63, 3.8) is 0 Å². The fourth-order valence-corrected chi connectivity index (χ4v) is 2.37. The van der Waals surface area contributed by atoms with E-state index in [9.17, 15) is 0 Å². The second kappa shape index (κ2) is 8.08. The van der Waals surface area contributed by atoms with Gasteiger partial charge in [-0.25, -0.2) is 23.6 Å². The van der Waals surface area contributed by atoms with Crippen LogP contribution in [0.4, 0.5) is 11.6 Å². The lowest BCUT2D eigenvalue weighted by molar-refractivity contribution is -2.00. The summed E-state index contributed by atoms with van der Waals surface area (Å²) in [6.07, 6.45) is 2.05. The molecule has 138 valence electrons. The molecule has 0 spiro atoms. The minimum Gasteiger partial charge on any atom is -0.330 e. The molecule has 1 aromatic heterocycles. The van der Waals surface area contributed by atoms with E-state index in [1.165, 1.54) is 0 Å². The summed E-state index contributed by atoms with van der Waals surface area (Å²) in [7, 11) is -4.94. The van der Waals surface area contributed by atoms with Crippen LogP contribution in [-0.2, 0) is 0 Å². The Labute approximate surface area is 155 Å². The van der Waals surface area contributed by atoms with Gasteiger partial charge in [0.2, 0.25) is 0 Å². The summed E-state index contributed by atoms with van der Waals surface area (Å²) in [5.41, 5.74) is 3.99. The van der Waals surface area contributed by atoms with Crippen molar-refractivity contribution in [1.29, 1.82) is 0 Å². The molecule has 0 amide bonds. The third-order valence-corrected chi connectivity index (χ3v) is 3.45. The average Bonchev–Trinajstić information content (AvgIpc) is 2.99. The van der Waals surface area contributed by atoms with Crippen LogP contribution in [0, 0.1) is 10.2 Å². The first-order chi connectivity index (χ1) is 12.9. The molecule has 0 saturated carbocycles. The van der Waals surface area contributed by atoms with Gasteiger partial charge in [-0.3, -0.25) is 0 Å². The SMILES string of the molecule is C1=C(c2ccccc2)Nc2nonc2[NH+]=C1c1ccccc1.[O-][Cl+3]([O-])([O-])[O-]. The number of hydrogen-bond donors (Lipinski definition) is 2. The van der Waals surface area contributed by atoms with Crippen molar-refractivity contribution >= 4 is 23.0 Å². The van der Waals surface area contributed by atoms with Crippen LogP contribution < -0.4 is 28.9 Å². The first kappa shape index (κ1) is 18.7. The Balaban J connectivity index is 0.000000376. The molecule has 1 aliphatic heterocycles. The summed E-state index contributed by atoms with van der Waals surface area (Å²) >= 11 is 0. The number of fused-ring (bicyclic) bond motifs is 1. The lowest BCUT2D eigenvalue weighted by Gasteiger charge is -2.17. The number of aromatic nitrogens is 2. The second-order valence-corrected chi connectivity index (χ2v) is 6.05. The molecule has 0 aliphatic carbocycles. The number of hydrogen-bond acceptors (Lipinski definition) is 8. The third-order valence-electron chi connectivity index (χ3n) is 3.45. The largest absolute Gasteiger partial charge is 0.417 e. The quantitative estimate of drug-likeness (QED) is 0.469. The molecule has 2 aromatic carbocycles. The topological polar surface area (TPSA) is 157 Å². The number of anilines is 1. The Morgan fingerprint density at radius 2 is 1.37 bits per heavy atom. The Morgan fingerprint density at radius 3 is 1.96 bits per heavy atom. The predicted molar refractivity (Wildman–Crippen MR) is 83.5 cm³/mol. The van der Waals surface area contributed by atoms with Crippen molar-refractivity contribution in [2.75, 3.05) is 5.32 Å². The molecule has 0 radical (unpaired) electrons. The van der Waals surface area contributed by atoms with Gasteiger partial charge < -0.3 is 5.32 Å². The first-order valence-corrected chi connectivity index (χ1v) is 8.81. The van der Waals surface area contributed by atoms with Crippen molar-refractivity contribution in [2.45, 2.75) is 0 Å². The molecule has 0 fully saturated rings. The van der Waals surface area contributed by atoms with Crippen LogP contribution in [-0.4, -0.2) is 16.0 Å². The van der Waals surface area contributed by atoms with Crippen molar-refractivity contribution in [3.8, 4) is 0 Å². The van der Waals surface area contributed by atoms with E-state index >= 15 is 0 Å². The predicted octanol–water partition coefficient (Wildman–Crippen LogP) is -3.02. The average molecular weight is 389 g/mol. The molecular formula is C17H13ClN4O5. The zero-order valence-corrected chi connectivity index (χ0v) is 14.4. The van der Waals surface area contributed by atoms with Crippen LogP contribution in [0.3, 0.4) is 0 Å². The van der Waals surface area contributed by atoms with E-state index in [0.29, 0.717) is 11.6 Å². The standard InChI is InChI=1S/C17H12N4O.ClHO4/c1-3-7-12(8-4-1)14-11-15(13-9-5-2-6-10-13)19-17-16(18-14)20-22-21-17;2-1(3,4)5/h1-11H,(H,18,20);(H,2,3,4,5). The first-order valence-electron chi connectivity index (χ1n) is 7.58. The number of halogens is 1. The number of allylic oxidation sites excluding steroid dienone is 1. The minimum absolute atomic E-state index is 0.570. The third kappa shape index (κ3) is 5.45. The lowest BCUT2D eigenvalue weighted by Crippen LogP contribution is -2.68. The van der Waals surface area contributed by atoms with Gasteiger partial charge in [0.15, 0.2) is 5.16 Å². The van der Waals surface area contributed by atoms with Crippen LogP contribution >= 0.6 is 0 Å². The number of benzene rings is 2. The van der Waals surface area contributed by atoms with Gasteiger partial charge in [0.1, 0.15) is 5.71 Å². The van der Waals surface area contributed by atoms with Gasteiger partial charge >= 0.3 is 5.82 Å². The molecular weight excluding hydrogens is 376 g/mol. The normalized spacial score (nSPS) is 13.2. The summed E-state index contributed by atoms with van der Waals surface area (Å²) in [5.74, 6) is 1.14. The van der Waals surface area contributed by atoms with Gasteiger partial charge in [0.25, 0.3) is 5.82 Å². The molecule has 3 aromatic rings. The number of nitrogens with zero attached hydrogens (tertiary/aromatic N) is 2. The Kier molecular flexibility index (Phi) is 5.60. The fourth-order valence-electron chi connectivity index (χ4n) is 2.37. The minimum atomic E-state index is -4.94.